The lowest BCUT2D eigenvalue weighted by atomic mass is 10.1. The maximum Gasteiger partial charge on any atom is 0.418 e. The number of anilines is 1. The van der Waals surface area contributed by atoms with Crippen LogP contribution in [0.15, 0.2) is 35.1 Å². The Morgan fingerprint density at radius 3 is 2.41 bits per heavy atom. The molecular weight excluding hydrogens is 299 g/mol. The van der Waals surface area contributed by atoms with Gasteiger partial charge >= 0.3 is 6.18 Å². The summed E-state index contributed by atoms with van der Waals surface area (Å²) in [5, 5.41) is 0. The molecule has 1 aromatic heterocycles. The normalized spacial score (nSPS) is 11.8. The van der Waals surface area contributed by atoms with Gasteiger partial charge < -0.3 is 5.73 Å². The van der Waals surface area contributed by atoms with E-state index in [1.54, 1.807) is 0 Å². The monoisotopic (exact) mass is 305 g/mol. The van der Waals surface area contributed by atoms with Gasteiger partial charge in [-0.1, -0.05) is 12.1 Å². The number of nitrogens with zero attached hydrogens (tertiary/aromatic N) is 2. The molecule has 0 fully saturated rings. The number of alkyl halides is 3. The number of imidazole rings is 1. The van der Waals surface area contributed by atoms with Gasteiger partial charge in [0.1, 0.15) is 4.60 Å². The fourth-order valence-electron chi connectivity index (χ4n) is 1.48. The summed E-state index contributed by atoms with van der Waals surface area (Å²) in [4.78, 5) is 3.80. The van der Waals surface area contributed by atoms with E-state index < -0.39 is 11.7 Å². The smallest absolute Gasteiger partial charge is 0.369 e. The maximum absolute atomic E-state index is 12.8. The average molecular weight is 306 g/mol. The van der Waals surface area contributed by atoms with Crippen LogP contribution in [0.4, 0.5) is 19.1 Å². The second-order valence-electron chi connectivity index (χ2n) is 3.31. The topological polar surface area (TPSA) is 43.8 Å². The van der Waals surface area contributed by atoms with Crippen molar-refractivity contribution >= 4 is 21.9 Å². The molecule has 0 spiro atoms. The number of para-hydroxylation sites is 1. The fourth-order valence-corrected chi connectivity index (χ4v) is 1.87. The van der Waals surface area contributed by atoms with Crippen molar-refractivity contribution < 1.29 is 13.2 Å². The van der Waals surface area contributed by atoms with E-state index in [4.69, 9.17) is 5.73 Å². The van der Waals surface area contributed by atoms with E-state index >= 15 is 0 Å². The Morgan fingerprint density at radius 1 is 1.24 bits per heavy atom. The van der Waals surface area contributed by atoms with Gasteiger partial charge in [0.25, 0.3) is 0 Å². The van der Waals surface area contributed by atoms with Gasteiger partial charge in [-0.05, 0) is 28.1 Å². The quantitative estimate of drug-likeness (QED) is 0.879. The molecule has 0 saturated heterocycles. The summed E-state index contributed by atoms with van der Waals surface area (Å²) in [6, 6.07) is 5.18. The third kappa shape index (κ3) is 2.28. The lowest BCUT2D eigenvalue weighted by molar-refractivity contribution is -0.137. The number of rotatable bonds is 1. The fraction of sp³-hybridized carbons (Fsp3) is 0.100. The molecule has 3 nitrogen and oxygen atoms in total. The van der Waals surface area contributed by atoms with E-state index in [9.17, 15) is 13.2 Å². The highest BCUT2D eigenvalue weighted by atomic mass is 79.9. The lowest BCUT2D eigenvalue weighted by Gasteiger charge is -2.13. The molecule has 0 atom stereocenters. The van der Waals surface area contributed by atoms with E-state index in [0.717, 1.165) is 6.07 Å². The zero-order valence-corrected chi connectivity index (χ0v) is 9.96. The molecule has 0 amide bonds. The molecule has 2 rings (SSSR count). The Bertz CT molecular complexity index is 548. The number of hydrogen-bond acceptors (Lipinski definition) is 2. The minimum Gasteiger partial charge on any atom is -0.369 e. The summed E-state index contributed by atoms with van der Waals surface area (Å²) in [7, 11) is 0. The van der Waals surface area contributed by atoms with Gasteiger partial charge in [0.2, 0.25) is 5.95 Å². The standard InChI is InChI=1S/C10H7BrF3N3/c11-8-5-17(9(15)16-8)7-4-2-1-3-6(7)10(12,13)14/h1-5H,(H2,15,16). The molecule has 0 radical (unpaired) electrons. The summed E-state index contributed by atoms with van der Waals surface area (Å²) in [6.45, 7) is 0. The molecule has 2 aromatic rings. The highest BCUT2D eigenvalue weighted by molar-refractivity contribution is 9.10. The van der Waals surface area contributed by atoms with Gasteiger partial charge in [-0.25, -0.2) is 4.98 Å². The number of aromatic nitrogens is 2. The summed E-state index contributed by atoms with van der Waals surface area (Å²) < 4.78 is 39.9. The molecule has 7 heteroatoms. The van der Waals surface area contributed by atoms with Crippen LogP contribution in [-0.2, 0) is 6.18 Å². The van der Waals surface area contributed by atoms with E-state index in [1.165, 1.54) is 29.0 Å². The molecule has 2 N–H and O–H groups in total. The molecular formula is C10H7BrF3N3. The first-order valence-electron chi connectivity index (χ1n) is 4.56. The molecule has 0 aliphatic rings. The summed E-state index contributed by atoms with van der Waals surface area (Å²) in [5.41, 5.74) is 4.74. The van der Waals surface area contributed by atoms with Gasteiger partial charge in [0.05, 0.1) is 11.3 Å². The second-order valence-corrected chi connectivity index (χ2v) is 4.12. The van der Waals surface area contributed by atoms with Crippen molar-refractivity contribution in [3.8, 4) is 5.69 Å². The van der Waals surface area contributed by atoms with Crippen LogP contribution in [0.3, 0.4) is 0 Å². The Morgan fingerprint density at radius 2 is 1.88 bits per heavy atom. The SMILES string of the molecule is Nc1nc(Br)cn1-c1ccccc1C(F)(F)F. The second kappa shape index (κ2) is 4.06. The van der Waals surface area contributed by atoms with Crippen molar-refractivity contribution in [3.05, 3.63) is 40.6 Å². The Labute approximate surface area is 103 Å². The lowest BCUT2D eigenvalue weighted by Crippen LogP contribution is -2.11. The number of nitrogen functional groups attached to an aromatic ring is 1. The van der Waals surface area contributed by atoms with Gasteiger partial charge in [-0.2, -0.15) is 13.2 Å². The first-order valence-corrected chi connectivity index (χ1v) is 5.36. The summed E-state index contributed by atoms with van der Waals surface area (Å²) >= 11 is 3.06. The number of benzene rings is 1. The van der Waals surface area contributed by atoms with Crippen molar-refractivity contribution in [2.75, 3.05) is 5.73 Å². The van der Waals surface area contributed by atoms with Crippen LogP contribution in [0.5, 0.6) is 0 Å². The predicted octanol–water partition coefficient (Wildman–Crippen LogP) is 3.24. The summed E-state index contributed by atoms with van der Waals surface area (Å²) in [5.74, 6) is -0.00595. The van der Waals surface area contributed by atoms with Gasteiger partial charge in [0, 0.05) is 6.20 Å². The van der Waals surface area contributed by atoms with Crippen LogP contribution in [0.2, 0.25) is 0 Å². The Hall–Kier alpha value is -1.50. The van der Waals surface area contributed by atoms with Crippen molar-refractivity contribution in [2.45, 2.75) is 6.18 Å². The van der Waals surface area contributed by atoms with E-state index in [0.29, 0.717) is 4.60 Å². The first kappa shape index (κ1) is 12.0. The number of halogens is 4. The predicted molar refractivity (Wildman–Crippen MR) is 60.7 cm³/mol. The van der Waals surface area contributed by atoms with Crippen molar-refractivity contribution in [1.82, 2.24) is 9.55 Å². The Kier molecular flexibility index (Phi) is 2.86. The van der Waals surface area contributed by atoms with Crippen LogP contribution in [0, 0.1) is 0 Å². The molecule has 90 valence electrons. The van der Waals surface area contributed by atoms with Crippen LogP contribution in [0.25, 0.3) is 5.69 Å². The van der Waals surface area contributed by atoms with Crippen molar-refractivity contribution in [3.63, 3.8) is 0 Å². The minimum absolute atomic E-state index is 0.00595. The molecule has 17 heavy (non-hydrogen) atoms. The highest BCUT2D eigenvalue weighted by Gasteiger charge is 2.34. The molecule has 0 bridgehead atoms. The van der Waals surface area contributed by atoms with Crippen LogP contribution >= 0.6 is 15.9 Å². The molecule has 1 heterocycles. The van der Waals surface area contributed by atoms with E-state index in [1.807, 2.05) is 0 Å². The van der Waals surface area contributed by atoms with Gasteiger partial charge in [0.15, 0.2) is 0 Å². The van der Waals surface area contributed by atoms with Gasteiger partial charge in [-0.15, -0.1) is 0 Å². The highest BCUT2D eigenvalue weighted by Crippen LogP contribution is 2.34. The van der Waals surface area contributed by atoms with Crippen LogP contribution < -0.4 is 5.73 Å². The van der Waals surface area contributed by atoms with Crippen molar-refractivity contribution in [2.24, 2.45) is 0 Å². The molecule has 1 aromatic carbocycles. The molecule has 0 aliphatic carbocycles. The first-order chi connectivity index (χ1) is 7.89. The van der Waals surface area contributed by atoms with Gasteiger partial charge in [-0.3, -0.25) is 4.57 Å². The Balaban J connectivity index is 2.64. The van der Waals surface area contributed by atoms with Crippen LogP contribution in [-0.4, -0.2) is 9.55 Å². The number of nitrogens with two attached hydrogens (primary N) is 1. The summed E-state index contributed by atoms with van der Waals surface area (Å²) in [6.07, 6.45) is -3.04. The zero-order valence-electron chi connectivity index (χ0n) is 8.37. The average Bonchev–Trinajstić information content (AvgIpc) is 2.56. The number of hydrogen-bond donors (Lipinski definition) is 1. The van der Waals surface area contributed by atoms with E-state index in [2.05, 4.69) is 20.9 Å². The molecule has 0 saturated carbocycles. The molecule has 0 aliphatic heterocycles. The molecule has 0 unspecified atom stereocenters. The largest absolute Gasteiger partial charge is 0.418 e. The van der Waals surface area contributed by atoms with Crippen LogP contribution in [0.1, 0.15) is 5.56 Å². The third-order valence-corrected chi connectivity index (χ3v) is 2.55. The third-order valence-electron chi connectivity index (χ3n) is 2.17. The van der Waals surface area contributed by atoms with Crippen molar-refractivity contribution in [1.29, 1.82) is 0 Å². The maximum atomic E-state index is 12.8. The van der Waals surface area contributed by atoms with E-state index in [-0.39, 0.29) is 11.6 Å². The zero-order chi connectivity index (χ0) is 12.6. The minimum atomic E-state index is -4.43.